The van der Waals surface area contributed by atoms with E-state index in [2.05, 4.69) is 15.6 Å². The second-order valence-corrected chi connectivity index (χ2v) is 5.79. The van der Waals surface area contributed by atoms with Crippen LogP contribution in [0.2, 0.25) is 0 Å². The maximum absolute atomic E-state index is 12.5. The van der Waals surface area contributed by atoms with Crippen LogP contribution in [0.25, 0.3) is 5.69 Å². The van der Waals surface area contributed by atoms with Gasteiger partial charge in [-0.1, -0.05) is 49.6 Å². The molecule has 3 rings (SSSR count). The smallest absolute Gasteiger partial charge is 0.273 e. The molecule has 22 heavy (non-hydrogen) atoms. The first kappa shape index (κ1) is 14.8. The van der Waals surface area contributed by atoms with Crippen LogP contribution in [0.5, 0.6) is 0 Å². The van der Waals surface area contributed by atoms with Crippen LogP contribution in [0.1, 0.15) is 55.2 Å². The fourth-order valence-electron chi connectivity index (χ4n) is 3.07. The summed E-state index contributed by atoms with van der Waals surface area (Å²) < 4.78 is 1.76. The lowest BCUT2D eigenvalue weighted by Crippen LogP contribution is -2.36. The number of carbonyl (C=O) groups is 1. The summed E-state index contributed by atoms with van der Waals surface area (Å²) in [4.78, 5) is 12.5. The van der Waals surface area contributed by atoms with Crippen molar-refractivity contribution in [3.8, 4) is 5.69 Å². The number of rotatable bonds is 4. The van der Waals surface area contributed by atoms with E-state index in [9.17, 15) is 4.79 Å². The van der Waals surface area contributed by atoms with Crippen molar-refractivity contribution in [2.24, 2.45) is 0 Å². The van der Waals surface area contributed by atoms with Crippen LogP contribution in [0.4, 0.5) is 0 Å². The molecule has 1 saturated carbocycles. The van der Waals surface area contributed by atoms with E-state index in [1.807, 2.05) is 37.3 Å². The second kappa shape index (κ2) is 6.73. The fraction of sp³-hybridized carbons (Fsp3) is 0.471. The number of amides is 1. The highest BCUT2D eigenvalue weighted by atomic mass is 16.2. The minimum Gasteiger partial charge on any atom is -0.348 e. The number of aromatic nitrogens is 3. The Kier molecular flexibility index (Phi) is 4.51. The molecule has 1 heterocycles. The highest BCUT2D eigenvalue weighted by molar-refractivity contribution is 5.93. The molecule has 0 bridgehead atoms. The van der Waals surface area contributed by atoms with Crippen LogP contribution in [0, 0.1) is 0 Å². The van der Waals surface area contributed by atoms with Gasteiger partial charge in [0, 0.05) is 6.04 Å². The number of hydrogen-bond acceptors (Lipinski definition) is 3. The summed E-state index contributed by atoms with van der Waals surface area (Å²) in [7, 11) is 0. The summed E-state index contributed by atoms with van der Waals surface area (Å²) in [6.07, 6.45) is 6.52. The molecule has 0 atom stereocenters. The van der Waals surface area contributed by atoms with Crippen LogP contribution in [-0.2, 0) is 6.42 Å². The topological polar surface area (TPSA) is 59.8 Å². The van der Waals surface area contributed by atoms with Gasteiger partial charge in [0.1, 0.15) is 0 Å². The number of nitrogens with one attached hydrogen (secondary N) is 1. The van der Waals surface area contributed by atoms with Crippen molar-refractivity contribution >= 4 is 5.91 Å². The van der Waals surface area contributed by atoms with E-state index < -0.39 is 0 Å². The van der Waals surface area contributed by atoms with Crippen molar-refractivity contribution in [3.63, 3.8) is 0 Å². The molecule has 1 aliphatic rings. The summed E-state index contributed by atoms with van der Waals surface area (Å²) in [6.45, 7) is 2.02. The average Bonchev–Trinajstić information content (AvgIpc) is 3.00. The van der Waals surface area contributed by atoms with E-state index in [1.165, 1.54) is 19.3 Å². The Balaban J connectivity index is 1.82. The lowest BCUT2D eigenvalue weighted by Gasteiger charge is -2.22. The zero-order chi connectivity index (χ0) is 15.4. The lowest BCUT2D eigenvalue weighted by atomic mass is 9.95. The van der Waals surface area contributed by atoms with E-state index in [-0.39, 0.29) is 11.9 Å². The summed E-state index contributed by atoms with van der Waals surface area (Å²) in [6, 6.07) is 10.1. The minimum atomic E-state index is -0.0917. The first-order valence-corrected chi connectivity index (χ1v) is 8.10. The van der Waals surface area contributed by atoms with Gasteiger partial charge in [0.05, 0.1) is 11.4 Å². The fourth-order valence-corrected chi connectivity index (χ4v) is 3.07. The molecular weight excluding hydrogens is 276 g/mol. The Hall–Kier alpha value is -2.17. The number of para-hydroxylation sites is 1. The van der Waals surface area contributed by atoms with Gasteiger partial charge in [-0.2, -0.15) is 0 Å². The molecule has 0 aliphatic heterocycles. The molecule has 0 spiro atoms. The summed E-state index contributed by atoms with van der Waals surface area (Å²) in [5.74, 6) is -0.0917. The number of benzene rings is 1. The first-order valence-electron chi connectivity index (χ1n) is 8.10. The predicted molar refractivity (Wildman–Crippen MR) is 85.1 cm³/mol. The van der Waals surface area contributed by atoms with Crippen LogP contribution >= 0.6 is 0 Å². The molecule has 1 fully saturated rings. The number of carbonyl (C=O) groups excluding carboxylic acids is 1. The molecule has 0 saturated heterocycles. The van der Waals surface area contributed by atoms with Gasteiger partial charge in [0.15, 0.2) is 5.69 Å². The van der Waals surface area contributed by atoms with E-state index >= 15 is 0 Å². The molecule has 2 aromatic rings. The molecule has 1 amide bonds. The Morgan fingerprint density at radius 1 is 1.23 bits per heavy atom. The molecular formula is C17H22N4O. The third-order valence-corrected chi connectivity index (χ3v) is 4.25. The van der Waals surface area contributed by atoms with Crippen LogP contribution in [0.3, 0.4) is 0 Å². The molecule has 5 heteroatoms. The average molecular weight is 298 g/mol. The maximum atomic E-state index is 12.5. The molecule has 1 aliphatic carbocycles. The van der Waals surface area contributed by atoms with Crippen molar-refractivity contribution in [2.75, 3.05) is 0 Å². The van der Waals surface area contributed by atoms with E-state index in [4.69, 9.17) is 0 Å². The highest BCUT2D eigenvalue weighted by Gasteiger charge is 2.22. The standard InChI is InChI=1S/C17H22N4O/c1-2-15-16(17(22)18-13-9-5-3-6-10-13)19-20-21(15)14-11-7-4-8-12-14/h4,7-8,11-13H,2-3,5-6,9-10H2,1H3,(H,18,22). The van der Waals surface area contributed by atoms with E-state index in [1.54, 1.807) is 4.68 Å². The van der Waals surface area contributed by atoms with Gasteiger partial charge in [-0.15, -0.1) is 5.10 Å². The third-order valence-electron chi connectivity index (χ3n) is 4.25. The molecule has 5 nitrogen and oxygen atoms in total. The lowest BCUT2D eigenvalue weighted by molar-refractivity contribution is 0.0921. The van der Waals surface area contributed by atoms with Crippen molar-refractivity contribution in [2.45, 2.75) is 51.5 Å². The zero-order valence-corrected chi connectivity index (χ0v) is 13.0. The SMILES string of the molecule is CCc1c(C(=O)NC2CCCCC2)nnn1-c1ccccc1. The van der Waals surface area contributed by atoms with Crippen molar-refractivity contribution < 1.29 is 4.79 Å². The summed E-state index contributed by atoms with van der Waals surface area (Å²) in [5, 5.41) is 11.4. The Bertz CT molecular complexity index is 629. The summed E-state index contributed by atoms with van der Waals surface area (Å²) >= 11 is 0. The minimum absolute atomic E-state index is 0.0917. The molecule has 1 N–H and O–H groups in total. The van der Waals surface area contributed by atoms with Crippen molar-refractivity contribution in [1.29, 1.82) is 0 Å². The Labute approximate surface area is 130 Å². The zero-order valence-electron chi connectivity index (χ0n) is 13.0. The van der Waals surface area contributed by atoms with E-state index in [0.717, 1.165) is 30.6 Å². The van der Waals surface area contributed by atoms with Gasteiger partial charge in [0.2, 0.25) is 0 Å². The normalized spacial score (nSPS) is 15.7. The first-order chi connectivity index (χ1) is 10.8. The van der Waals surface area contributed by atoms with Gasteiger partial charge in [-0.3, -0.25) is 4.79 Å². The Morgan fingerprint density at radius 3 is 2.64 bits per heavy atom. The number of hydrogen-bond donors (Lipinski definition) is 1. The molecule has 0 unspecified atom stereocenters. The Morgan fingerprint density at radius 2 is 1.95 bits per heavy atom. The third kappa shape index (κ3) is 3.03. The maximum Gasteiger partial charge on any atom is 0.273 e. The van der Waals surface area contributed by atoms with E-state index in [0.29, 0.717) is 5.69 Å². The van der Waals surface area contributed by atoms with Gasteiger partial charge in [-0.05, 0) is 31.4 Å². The monoisotopic (exact) mass is 298 g/mol. The van der Waals surface area contributed by atoms with Crippen LogP contribution < -0.4 is 5.32 Å². The summed E-state index contributed by atoms with van der Waals surface area (Å²) in [5.41, 5.74) is 2.25. The largest absolute Gasteiger partial charge is 0.348 e. The van der Waals surface area contributed by atoms with Gasteiger partial charge in [0.25, 0.3) is 5.91 Å². The highest BCUT2D eigenvalue weighted by Crippen LogP contribution is 2.19. The molecule has 1 aromatic heterocycles. The van der Waals surface area contributed by atoms with Gasteiger partial charge >= 0.3 is 0 Å². The predicted octanol–water partition coefficient (Wildman–Crippen LogP) is 2.89. The quantitative estimate of drug-likeness (QED) is 0.944. The molecule has 116 valence electrons. The van der Waals surface area contributed by atoms with Gasteiger partial charge < -0.3 is 5.32 Å². The number of nitrogens with zero attached hydrogens (tertiary/aromatic N) is 3. The van der Waals surface area contributed by atoms with Crippen LogP contribution in [-0.4, -0.2) is 26.9 Å². The van der Waals surface area contributed by atoms with Gasteiger partial charge in [-0.25, -0.2) is 4.68 Å². The molecule has 0 radical (unpaired) electrons. The van der Waals surface area contributed by atoms with Crippen LogP contribution in [0.15, 0.2) is 30.3 Å². The second-order valence-electron chi connectivity index (χ2n) is 5.79. The molecule has 1 aromatic carbocycles. The van der Waals surface area contributed by atoms with Crippen molar-refractivity contribution in [3.05, 3.63) is 41.7 Å². The van der Waals surface area contributed by atoms with Crippen molar-refractivity contribution in [1.82, 2.24) is 20.3 Å².